The van der Waals surface area contributed by atoms with Gasteiger partial charge in [0.25, 0.3) is 9.05 Å². The summed E-state index contributed by atoms with van der Waals surface area (Å²) in [4.78, 5) is -0.311. The Labute approximate surface area is 135 Å². The molecule has 0 amide bonds. The summed E-state index contributed by atoms with van der Waals surface area (Å²) in [5, 5.41) is -0.118. The zero-order valence-electron chi connectivity index (χ0n) is 10.3. The molecule has 0 N–H and O–H groups in total. The van der Waals surface area contributed by atoms with Crippen LogP contribution in [0.2, 0.25) is 10.0 Å². The van der Waals surface area contributed by atoms with Gasteiger partial charge in [-0.25, -0.2) is 12.8 Å². The molecular weight excluding hydrogens is 362 g/mol. The molecule has 0 aliphatic rings. The molecule has 3 nitrogen and oxygen atoms in total. The summed E-state index contributed by atoms with van der Waals surface area (Å²) >= 11 is 11.7. The van der Waals surface area contributed by atoms with E-state index in [9.17, 15) is 12.8 Å². The van der Waals surface area contributed by atoms with Crippen molar-refractivity contribution < 1.29 is 17.5 Å². The fourth-order valence-corrected chi connectivity index (χ4v) is 3.37. The molecule has 2 aromatic rings. The van der Waals surface area contributed by atoms with Gasteiger partial charge in [0.15, 0.2) is 0 Å². The topological polar surface area (TPSA) is 43.4 Å². The van der Waals surface area contributed by atoms with E-state index in [4.69, 9.17) is 38.6 Å². The van der Waals surface area contributed by atoms with Crippen molar-refractivity contribution in [1.29, 1.82) is 0 Å². The van der Waals surface area contributed by atoms with Crippen molar-refractivity contribution in [1.82, 2.24) is 0 Å². The van der Waals surface area contributed by atoms with Crippen molar-refractivity contribution in [3.8, 4) is 5.75 Å². The first-order valence-corrected chi connectivity index (χ1v) is 8.65. The molecule has 0 unspecified atom stereocenters. The normalized spacial score (nSPS) is 11.4. The van der Waals surface area contributed by atoms with Gasteiger partial charge in [0, 0.05) is 22.3 Å². The second-order valence-electron chi connectivity index (χ2n) is 4.03. The minimum Gasteiger partial charge on any atom is -0.487 e. The molecule has 0 spiro atoms. The van der Waals surface area contributed by atoms with Crippen LogP contribution < -0.4 is 4.74 Å². The molecule has 112 valence electrons. The molecule has 0 bridgehead atoms. The number of ether oxygens (including phenoxy) is 1. The standard InChI is InChI=1S/C13H8Cl3FO3S/c14-9-6-13(21(16,18)19)10(15)5-12(9)20-7-8-3-1-2-4-11(8)17/h1-6H,7H2. The van der Waals surface area contributed by atoms with Crippen LogP contribution in [0.1, 0.15) is 5.56 Å². The van der Waals surface area contributed by atoms with Crippen LogP contribution >= 0.6 is 33.9 Å². The van der Waals surface area contributed by atoms with E-state index in [0.717, 1.165) is 6.07 Å². The molecule has 0 heterocycles. The van der Waals surface area contributed by atoms with Crippen LogP contribution in [-0.4, -0.2) is 8.42 Å². The lowest BCUT2D eigenvalue weighted by Crippen LogP contribution is -2.00. The average Bonchev–Trinajstić information content (AvgIpc) is 2.39. The number of benzene rings is 2. The third-order valence-corrected chi connectivity index (χ3v) is 4.67. The van der Waals surface area contributed by atoms with Gasteiger partial charge in [-0.1, -0.05) is 41.4 Å². The second kappa shape index (κ2) is 6.40. The van der Waals surface area contributed by atoms with Gasteiger partial charge >= 0.3 is 0 Å². The molecule has 2 rings (SSSR count). The van der Waals surface area contributed by atoms with Gasteiger partial charge < -0.3 is 4.74 Å². The van der Waals surface area contributed by atoms with Crippen LogP contribution in [0.5, 0.6) is 5.75 Å². The SMILES string of the molecule is O=S(=O)(Cl)c1cc(Cl)c(OCc2ccccc2F)cc1Cl. The molecule has 0 aliphatic carbocycles. The van der Waals surface area contributed by atoms with Crippen LogP contribution in [0.15, 0.2) is 41.3 Å². The van der Waals surface area contributed by atoms with E-state index in [1.807, 2.05) is 0 Å². The zero-order valence-corrected chi connectivity index (χ0v) is 13.4. The van der Waals surface area contributed by atoms with Crippen molar-refractivity contribution in [2.75, 3.05) is 0 Å². The third kappa shape index (κ3) is 4.01. The first kappa shape index (κ1) is 16.4. The Balaban J connectivity index is 2.26. The van der Waals surface area contributed by atoms with Crippen LogP contribution in [0.25, 0.3) is 0 Å². The van der Waals surface area contributed by atoms with E-state index in [0.29, 0.717) is 5.56 Å². The van der Waals surface area contributed by atoms with Crippen LogP contribution in [0.4, 0.5) is 4.39 Å². The molecule has 0 saturated carbocycles. The first-order valence-electron chi connectivity index (χ1n) is 5.59. The summed E-state index contributed by atoms with van der Waals surface area (Å²) in [7, 11) is 1.21. The molecule has 0 radical (unpaired) electrons. The molecule has 8 heteroatoms. The lowest BCUT2D eigenvalue weighted by Gasteiger charge is -2.10. The van der Waals surface area contributed by atoms with Crippen LogP contribution in [0, 0.1) is 5.82 Å². The maximum absolute atomic E-state index is 13.5. The van der Waals surface area contributed by atoms with E-state index >= 15 is 0 Å². The summed E-state index contributed by atoms with van der Waals surface area (Å²) in [6, 6.07) is 8.39. The smallest absolute Gasteiger partial charge is 0.262 e. The highest BCUT2D eigenvalue weighted by Gasteiger charge is 2.18. The van der Waals surface area contributed by atoms with E-state index in [2.05, 4.69) is 0 Å². The molecule has 0 atom stereocenters. The number of hydrogen-bond acceptors (Lipinski definition) is 3. The third-order valence-electron chi connectivity index (χ3n) is 2.59. The van der Waals surface area contributed by atoms with E-state index in [-0.39, 0.29) is 27.3 Å². The summed E-state index contributed by atoms with van der Waals surface area (Å²) in [6.45, 7) is -0.0737. The van der Waals surface area contributed by atoms with Crippen LogP contribution in [-0.2, 0) is 15.7 Å². The van der Waals surface area contributed by atoms with Crippen molar-refractivity contribution in [3.63, 3.8) is 0 Å². The lowest BCUT2D eigenvalue weighted by atomic mass is 10.2. The molecule has 0 aromatic heterocycles. The van der Waals surface area contributed by atoms with Crippen LogP contribution in [0.3, 0.4) is 0 Å². The van der Waals surface area contributed by atoms with E-state index in [1.165, 1.54) is 12.1 Å². The predicted octanol–water partition coefficient (Wildman–Crippen LogP) is 4.64. The van der Waals surface area contributed by atoms with Crippen molar-refractivity contribution in [2.45, 2.75) is 11.5 Å². The average molecular weight is 370 g/mol. The Morgan fingerprint density at radius 2 is 1.76 bits per heavy atom. The summed E-state index contributed by atoms with van der Waals surface area (Å²) < 4.78 is 41.4. The Kier molecular flexibility index (Phi) is 4.99. The van der Waals surface area contributed by atoms with E-state index < -0.39 is 14.9 Å². The minimum atomic E-state index is -4.01. The molecule has 0 saturated heterocycles. The Morgan fingerprint density at radius 1 is 1.10 bits per heavy atom. The highest BCUT2D eigenvalue weighted by Crippen LogP contribution is 2.35. The number of halogens is 4. The molecule has 0 aliphatic heterocycles. The number of rotatable bonds is 4. The highest BCUT2D eigenvalue weighted by atomic mass is 35.7. The summed E-state index contributed by atoms with van der Waals surface area (Å²) in [6.07, 6.45) is 0. The molecule has 2 aromatic carbocycles. The maximum atomic E-state index is 13.5. The summed E-state index contributed by atoms with van der Waals surface area (Å²) in [5.74, 6) is -0.284. The Morgan fingerprint density at radius 3 is 2.38 bits per heavy atom. The van der Waals surface area contributed by atoms with Gasteiger partial charge in [0.05, 0.1) is 10.0 Å². The van der Waals surface area contributed by atoms with Gasteiger partial charge in [-0.2, -0.15) is 0 Å². The minimum absolute atomic E-state index is 0.00923. The highest BCUT2D eigenvalue weighted by molar-refractivity contribution is 8.13. The zero-order chi connectivity index (χ0) is 15.6. The summed E-state index contributed by atoms with van der Waals surface area (Å²) in [5.41, 5.74) is 0.332. The van der Waals surface area contributed by atoms with Crippen molar-refractivity contribution >= 4 is 42.9 Å². The second-order valence-corrected chi connectivity index (χ2v) is 7.38. The molecule has 0 fully saturated rings. The first-order chi connectivity index (χ1) is 9.79. The fraction of sp³-hybridized carbons (Fsp3) is 0.0769. The monoisotopic (exact) mass is 368 g/mol. The Bertz CT molecular complexity index is 778. The van der Waals surface area contributed by atoms with Gasteiger partial charge in [-0.15, -0.1) is 0 Å². The quantitative estimate of drug-likeness (QED) is 0.737. The van der Waals surface area contributed by atoms with Gasteiger partial charge in [0.2, 0.25) is 0 Å². The van der Waals surface area contributed by atoms with Crippen molar-refractivity contribution in [2.24, 2.45) is 0 Å². The van der Waals surface area contributed by atoms with Gasteiger partial charge in [0.1, 0.15) is 23.1 Å². The van der Waals surface area contributed by atoms with Gasteiger partial charge in [-0.05, 0) is 12.1 Å². The maximum Gasteiger partial charge on any atom is 0.262 e. The lowest BCUT2D eigenvalue weighted by molar-refractivity contribution is 0.300. The molecular formula is C13H8Cl3FO3S. The van der Waals surface area contributed by atoms with Crippen molar-refractivity contribution in [3.05, 3.63) is 57.8 Å². The fourth-order valence-electron chi connectivity index (χ4n) is 1.58. The van der Waals surface area contributed by atoms with E-state index in [1.54, 1.807) is 18.2 Å². The molecule has 21 heavy (non-hydrogen) atoms. The Hall–Kier alpha value is -1.01. The number of hydrogen-bond donors (Lipinski definition) is 0. The largest absolute Gasteiger partial charge is 0.487 e. The van der Waals surface area contributed by atoms with Gasteiger partial charge in [-0.3, -0.25) is 0 Å². The predicted molar refractivity (Wildman–Crippen MR) is 80.2 cm³/mol.